The number of benzene rings is 1. The summed E-state index contributed by atoms with van der Waals surface area (Å²) in [6.45, 7) is 2.79. The molecule has 3 amide bonds. The molecule has 0 aliphatic carbocycles. The third kappa shape index (κ3) is 5.65. The third-order valence-electron chi connectivity index (χ3n) is 4.04. The first-order valence-electron chi connectivity index (χ1n) is 8.38. The first kappa shape index (κ1) is 17.9. The molecule has 0 saturated carbocycles. The van der Waals surface area contributed by atoms with Gasteiger partial charge in [0.25, 0.3) is 0 Å². The Bertz CT molecular complexity index is 607. The van der Waals surface area contributed by atoms with E-state index in [9.17, 15) is 14.4 Å². The Labute approximate surface area is 142 Å². The summed E-state index contributed by atoms with van der Waals surface area (Å²) in [6.07, 6.45) is 4.59. The summed E-state index contributed by atoms with van der Waals surface area (Å²) in [5.74, 6) is -0.342. The fourth-order valence-electron chi connectivity index (χ4n) is 2.65. The van der Waals surface area contributed by atoms with Gasteiger partial charge in [-0.15, -0.1) is 0 Å². The highest BCUT2D eigenvalue weighted by Crippen LogP contribution is 2.11. The van der Waals surface area contributed by atoms with E-state index < -0.39 is 0 Å². The molecule has 1 fully saturated rings. The topological polar surface area (TPSA) is 66.5 Å². The SMILES string of the molecule is C/C(=C\C(=O)NCCCN1C(=O)CCC1=O)CCc1ccccc1. The number of imide groups is 1. The first-order valence-corrected chi connectivity index (χ1v) is 8.38. The van der Waals surface area contributed by atoms with Gasteiger partial charge in [-0.25, -0.2) is 0 Å². The van der Waals surface area contributed by atoms with Gasteiger partial charge in [0, 0.05) is 32.0 Å². The van der Waals surface area contributed by atoms with Crippen LogP contribution >= 0.6 is 0 Å². The molecule has 0 atom stereocenters. The Morgan fingerprint density at radius 2 is 1.83 bits per heavy atom. The Kier molecular flexibility index (Phi) is 6.73. The van der Waals surface area contributed by atoms with E-state index in [0.717, 1.165) is 18.4 Å². The fraction of sp³-hybridized carbons (Fsp3) is 0.421. The molecule has 0 unspecified atom stereocenters. The summed E-state index contributed by atoms with van der Waals surface area (Å²) in [5.41, 5.74) is 2.28. The standard InChI is InChI=1S/C19H24N2O3/c1-15(8-9-16-6-3-2-4-7-16)14-17(22)20-12-5-13-21-18(23)10-11-19(21)24/h2-4,6-7,14H,5,8-13H2,1H3,(H,20,22)/b15-14+. The van der Waals surface area contributed by atoms with Gasteiger partial charge in [-0.1, -0.05) is 35.9 Å². The lowest BCUT2D eigenvalue weighted by atomic mass is 10.1. The molecule has 1 aliphatic heterocycles. The van der Waals surface area contributed by atoms with Crippen molar-refractivity contribution in [1.82, 2.24) is 10.2 Å². The van der Waals surface area contributed by atoms with Crippen LogP contribution in [0.2, 0.25) is 0 Å². The van der Waals surface area contributed by atoms with Gasteiger partial charge in [0.05, 0.1) is 0 Å². The minimum Gasteiger partial charge on any atom is -0.352 e. The van der Waals surface area contributed by atoms with Gasteiger partial charge in [0.2, 0.25) is 17.7 Å². The highest BCUT2D eigenvalue weighted by atomic mass is 16.2. The van der Waals surface area contributed by atoms with Crippen LogP contribution in [0.4, 0.5) is 0 Å². The summed E-state index contributed by atoms with van der Waals surface area (Å²) in [7, 11) is 0. The van der Waals surface area contributed by atoms with Gasteiger partial charge in [-0.3, -0.25) is 19.3 Å². The van der Waals surface area contributed by atoms with Crippen LogP contribution in [0.25, 0.3) is 0 Å². The van der Waals surface area contributed by atoms with Gasteiger partial charge in [0.15, 0.2) is 0 Å². The Balaban J connectivity index is 1.64. The monoisotopic (exact) mass is 328 g/mol. The number of hydrogen-bond acceptors (Lipinski definition) is 3. The molecule has 128 valence electrons. The average molecular weight is 328 g/mol. The van der Waals surface area contributed by atoms with E-state index in [4.69, 9.17) is 0 Å². The minimum atomic E-state index is -0.125. The maximum absolute atomic E-state index is 11.9. The second kappa shape index (κ2) is 9.01. The Morgan fingerprint density at radius 1 is 1.17 bits per heavy atom. The molecule has 1 saturated heterocycles. The molecule has 0 aromatic heterocycles. The van der Waals surface area contributed by atoms with Gasteiger partial charge < -0.3 is 5.32 Å². The first-order chi connectivity index (χ1) is 11.6. The predicted molar refractivity (Wildman–Crippen MR) is 92.1 cm³/mol. The number of carbonyl (C=O) groups excluding carboxylic acids is 3. The van der Waals surface area contributed by atoms with Gasteiger partial charge in [-0.05, 0) is 31.7 Å². The molecule has 5 nitrogen and oxygen atoms in total. The molecule has 2 rings (SSSR count). The maximum Gasteiger partial charge on any atom is 0.243 e. The highest BCUT2D eigenvalue weighted by molar-refractivity contribution is 6.01. The summed E-state index contributed by atoms with van der Waals surface area (Å²) in [5, 5.41) is 2.80. The van der Waals surface area contributed by atoms with Crippen molar-refractivity contribution in [3.05, 3.63) is 47.5 Å². The number of nitrogens with one attached hydrogen (secondary N) is 1. The van der Waals surface area contributed by atoms with E-state index in [-0.39, 0.29) is 17.7 Å². The van der Waals surface area contributed by atoms with Crippen molar-refractivity contribution < 1.29 is 14.4 Å². The lowest BCUT2D eigenvalue weighted by molar-refractivity contribution is -0.138. The summed E-state index contributed by atoms with van der Waals surface area (Å²) in [4.78, 5) is 36.1. The van der Waals surface area contributed by atoms with E-state index in [1.54, 1.807) is 6.08 Å². The maximum atomic E-state index is 11.9. The molecule has 1 aliphatic rings. The molecule has 24 heavy (non-hydrogen) atoms. The summed E-state index contributed by atoms with van der Waals surface area (Å²) < 4.78 is 0. The molecule has 0 bridgehead atoms. The number of allylic oxidation sites excluding steroid dienone is 1. The van der Waals surface area contributed by atoms with Crippen LogP contribution < -0.4 is 5.32 Å². The number of likely N-dealkylation sites (tertiary alicyclic amines) is 1. The number of rotatable bonds is 8. The molecule has 1 N–H and O–H groups in total. The van der Waals surface area contributed by atoms with E-state index in [1.165, 1.54) is 10.5 Å². The van der Waals surface area contributed by atoms with Crippen LogP contribution in [0.1, 0.15) is 38.2 Å². The smallest absolute Gasteiger partial charge is 0.243 e. The van der Waals surface area contributed by atoms with Gasteiger partial charge >= 0.3 is 0 Å². The van der Waals surface area contributed by atoms with Crippen molar-refractivity contribution in [2.75, 3.05) is 13.1 Å². The van der Waals surface area contributed by atoms with Crippen molar-refractivity contribution in [1.29, 1.82) is 0 Å². The van der Waals surface area contributed by atoms with Crippen molar-refractivity contribution in [2.45, 2.75) is 39.0 Å². The Hall–Kier alpha value is -2.43. The number of amides is 3. The van der Waals surface area contributed by atoms with Crippen molar-refractivity contribution in [2.24, 2.45) is 0 Å². The predicted octanol–water partition coefficient (Wildman–Crippen LogP) is 2.22. The zero-order chi connectivity index (χ0) is 17.4. The largest absolute Gasteiger partial charge is 0.352 e. The van der Waals surface area contributed by atoms with Crippen LogP contribution in [0.15, 0.2) is 42.0 Å². The van der Waals surface area contributed by atoms with Crippen LogP contribution in [0.5, 0.6) is 0 Å². The van der Waals surface area contributed by atoms with Gasteiger partial charge in [0.1, 0.15) is 0 Å². The zero-order valence-electron chi connectivity index (χ0n) is 14.1. The number of hydrogen-bond donors (Lipinski definition) is 1. The molecule has 0 radical (unpaired) electrons. The Morgan fingerprint density at radius 3 is 2.50 bits per heavy atom. The van der Waals surface area contributed by atoms with E-state index >= 15 is 0 Å². The molecular weight excluding hydrogens is 304 g/mol. The third-order valence-corrected chi connectivity index (χ3v) is 4.04. The molecule has 1 aromatic carbocycles. The molecule has 0 spiro atoms. The average Bonchev–Trinajstić information content (AvgIpc) is 2.89. The van der Waals surface area contributed by atoms with Crippen molar-refractivity contribution >= 4 is 17.7 Å². The highest BCUT2D eigenvalue weighted by Gasteiger charge is 2.27. The van der Waals surface area contributed by atoms with Crippen LogP contribution in [-0.4, -0.2) is 35.7 Å². The lowest BCUT2D eigenvalue weighted by Crippen LogP contribution is -2.32. The molecule has 1 aromatic rings. The second-order valence-corrected chi connectivity index (χ2v) is 6.06. The van der Waals surface area contributed by atoms with Crippen LogP contribution in [0.3, 0.4) is 0 Å². The van der Waals surface area contributed by atoms with E-state index in [1.807, 2.05) is 25.1 Å². The fourth-order valence-corrected chi connectivity index (χ4v) is 2.65. The number of aryl methyl sites for hydroxylation is 1. The van der Waals surface area contributed by atoms with Crippen LogP contribution in [-0.2, 0) is 20.8 Å². The van der Waals surface area contributed by atoms with Gasteiger partial charge in [-0.2, -0.15) is 0 Å². The normalized spacial score (nSPS) is 15.0. The lowest BCUT2D eigenvalue weighted by Gasteiger charge is -2.13. The second-order valence-electron chi connectivity index (χ2n) is 6.06. The molecule has 5 heteroatoms. The van der Waals surface area contributed by atoms with Crippen LogP contribution in [0, 0.1) is 0 Å². The number of carbonyl (C=O) groups is 3. The van der Waals surface area contributed by atoms with Crippen molar-refractivity contribution in [3.63, 3.8) is 0 Å². The van der Waals surface area contributed by atoms with E-state index in [2.05, 4.69) is 17.4 Å². The van der Waals surface area contributed by atoms with E-state index in [0.29, 0.717) is 32.4 Å². The molecule has 1 heterocycles. The molecular formula is C19H24N2O3. The summed E-state index contributed by atoms with van der Waals surface area (Å²) >= 11 is 0. The van der Waals surface area contributed by atoms with Crippen molar-refractivity contribution in [3.8, 4) is 0 Å². The quantitative estimate of drug-likeness (QED) is 0.452. The summed E-state index contributed by atoms with van der Waals surface area (Å²) in [6, 6.07) is 10.2. The minimum absolute atomic E-state index is 0.108. The number of nitrogens with zero attached hydrogens (tertiary/aromatic N) is 1. The zero-order valence-corrected chi connectivity index (χ0v) is 14.1.